The van der Waals surface area contributed by atoms with E-state index in [9.17, 15) is 9.59 Å². The normalized spacial score (nSPS) is 10.8. The molecule has 32 heavy (non-hydrogen) atoms. The molecule has 0 spiro atoms. The Kier molecular flexibility index (Phi) is 7.21. The number of benzene rings is 3. The van der Waals surface area contributed by atoms with E-state index in [-0.39, 0.29) is 11.5 Å². The van der Waals surface area contributed by atoms with E-state index in [1.807, 2.05) is 77.7 Å². The Balaban J connectivity index is 1.46. The van der Waals surface area contributed by atoms with Gasteiger partial charge in [-0.2, -0.15) is 0 Å². The molecule has 6 heteroatoms. The summed E-state index contributed by atoms with van der Waals surface area (Å²) in [7, 11) is 0. The van der Waals surface area contributed by atoms with Crippen LogP contribution in [-0.4, -0.2) is 23.9 Å². The molecule has 0 fully saturated rings. The molecule has 1 N–H and O–H groups in total. The van der Waals surface area contributed by atoms with E-state index in [4.69, 9.17) is 4.42 Å². The number of para-hydroxylation sites is 1. The number of nitrogens with one attached hydrogen (secondary N) is 1. The topological polar surface area (TPSA) is 62.6 Å². The molecule has 1 heterocycles. The first-order chi connectivity index (χ1) is 15.6. The maximum atomic E-state index is 13.2. The third kappa shape index (κ3) is 5.56. The van der Waals surface area contributed by atoms with Crippen LogP contribution in [0.3, 0.4) is 0 Å². The Morgan fingerprint density at radius 1 is 0.938 bits per heavy atom. The summed E-state index contributed by atoms with van der Waals surface area (Å²) in [5.41, 5.74) is 2.70. The number of carbonyl (C=O) groups is 1. The van der Waals surface area contributed by atoms with Crippen molar-refractivity contribution in [1.82, 2.24) is 4.90 Å². The summed E-state index contributed by atoms with van der Waals surface area (Å²) in [5, 5.41) is 4.20. The van der Waals surface area contributed by atoms with E-state index in [0.717, 1.165) is 26.6 Å². The average Bonchev–Trinajstić information content (AvgIpc) is 2.81. The molecular formula is C26H23IN2O3. The van der Waals surface area contributed by atoms with Crippen LogP contribution in [0.1, 0.15) is 22.3 Å². The second-order valence-electron chi connectivity index (χ2n) is 7.48. The molecule has 162 valence electrons. The molecule has 0 aliphatic rings. The third-order valence-electron chi connectivity index (χ3n) is 5.15. The van der Waals surface area contributed by atoms with E-state index in [2.05, 4.69) is 27.9 Å². The molecule has 1 amide bonds. The van der Waals surface area contributed by atoms with Crippen molar-refractivity contribution in [3.05, 3.63) is 110 Å². The fourth-order valence-electron chi connectivity index (χ4n) is 3.61. The maximum absolute atomic E-state index is 13.2. The Morgan fingerprint density at radius 2 is 1.72 bits per heavy atom. The predicted octanol–water partition coefficient (Wildman–Crippen LogP) is 5.54. The standard InChI is InChI=1S/C26H23IN2O3/c27-21-11-6-10-20(16-21)26(31)29(18-19-8-2-1-3-9-19)15-7-14-28-23-17-25(30)32-24-13-5-4-12-22(23)24/h1-6,8-13,16-17,28H,7,14-15,18H2. The van der Waals surface area contributed by atoms with E-state index < -0.39 is 0 Å². The zero-order valence-corrected chi connectivity index (χ0v) is 19.6. The highest BCUT2D eigenvalue weighted by Gasteiger charge is 2.16. The van der Waals surface area contributed by atoms with E-state index in [1.54, 1.807) is 6.07 Å². The third-order valence-corrected chi connectivity index (χ3v) is 5.82. The minimum Gasteiger partial charge on any atom is -0.423 e. The molecule has 1 aromatic heterocycles. The van der Waals surface area contributed by atoms with Gasteiger partial charge in [0.2, 0.25) is 0 Å². The van der Waals surface area contributed by atoms with Gasteiger partial charge in [-0.05, 0) is 64.9 Å². The summed E-state index contributed by atoms with van der Waals surface area (Å²) < 4.78 is 6.29. The number of amides is 1. The van der Waals surface area contributed by atoms with E-state index in [1.165, 1.54) is 6.07 Å². The summed E-state index contributed by atoms with van der Waals surface area (Å²) >= 11 is 2.22. The zero-order chi connectivity index (χ0) is 22.3. The van der Waals surface area contributed by atoms with Crippen molar-refractivity contribution < 1.29 is 9.21 Å². The lowest BCUT2D eigenvalue weighted by Crippen LogP contribution is -2.32. The van der Waals surface area contributed by atoms with Crippen LogP contribution >= 0.6 is 22.6 Å². The van der Waals surface area contributed by atoms with Gasteiger partial charge in [-0.25, -0.2) is 4.79 Å². The first-order valence-electron chi connectivity index (χ1n) is 10.5. The van der Waals surface area contributed by atoms with Crippen LogP contribution in [0.2, 0.25) is 0 Å². The summed E-state index contributed by atoms with van der Waals surface area (Å²) in [6.45, 7) is 1.76. The molecule has 0 saturated heterocycles. The Bertz CT molecular complexity index is 1270. The van der Waals surface area contributed by atoms with E-state index in [0.29, 0.717) is 30.8 Å². The molecule has 4 rings (SSSR count). The monoisotopic (exact) mass is 538 g/mol. The molecular weight excluding hydrogens is 515 g/mol. The van der Waals surface area contributed by atoms with Crippen molar-refractivity contribution in [2.24, 2.45) is 0 Å². The van der Waals surface area contributed by atoms with Crippen LogP contribution in [0.5, 0.6) is 0 Å². The highest BCUT2D eigenvalue weighted by molar-refractivity contribution is 14.1. The molecule has 0 aliphatic carbocycles. The fourth-order valence-corrected chi connectivity index (χ4v) is 4.15. The Hall–Kier alpha value is -3.13. The van der Waals surface area contributed by atoms with Crippen molar-refractivity contribution in [2.45, 2.75) is 13.0 Å². The van der Waals surface area contributed by atoms with Crippen molar-refractivity contribution >= 4 is 45.2 Å². The summed E-state index contributed by atoms with van der Waals surface area (Å²) in [6, 6.07) is 26.6. The molecule has 0 bridgehead atoms. The maximum Gasteiger partial charge on any atom is 0.338 e. The molecule has 0 unspecified atom stereocenters. The summed E-state index contributed by atoms with van der Waals surface area (Å²) in [4.78, 5) is 27.0. The summed E-state index contributed by atoms with van der Waals surface area (Å²) in [6.07, 6.45) is 0.733. The second kappa shape index (κ2) is 10.5. The number of halogens is 1. The Morgan fingerprint density at radius 3 is 2.53 bits per heavy atom. The lowest BCUT2D eigenvalue weighted by Gasteiger charge is -2.23. The van der Waals surface area contributed by atoms with Gasteiger partial charge in [0, 0.05) is 40.2 Å². The number of fused-ring (bicyclic) bond motifs is 1. The minimum atomic E-state index is -0.384. The van der Waals surface area contributed by atoms with Gasteiger partial charge in [-0.3, -0.25) is 4.79 Å². The predicted molar refractivity (Wildman–Crippen MR) is 136 cm³/mol. The quantitative estimate of drug-likeness (QED) is 0.182. The number of rotatable bonds is 8. The molecule has 0 aliphatic heterocycles. The van der Waals surface area contributed by atoms with Gasteiger partial charge in [0.1, 0.15) is 5.58 Å². The van der Waals surface area contributed by atoms with Crippen LogP contribution in [0.25, 0.3) is 11.0 Å². The smallest absolute Gasteiger partial charge is 0.338 e. The van der Waals surface area contributed by atoms with Crippen LogP contribution in [0, 0.1) is 3.57 Å². The molecule has 0 radical (unpaired) electrons. The van der Waals surface area contributed by atoms with Gasteiger partial charge >= 0.3 is 5.63 Å². The van der Waals surface area contributed by atoms with Crippen LogP contribution in [0.4, 0.5) is 5.69 Å². The number of anilines is 1. The van der Waals surface area contributed by atoms with Crippen molar-refractivity contribution in [3.8, 4) is 0 Å². The number of hydrogen-bond donors (Lipinski definition) is 1. The molecule has 3 aromatic carbocycles. The lowest BCUT2D eigenvalue weighted by atomic mass is 10.1. The molecule has 0 saturated carbocycles. The first kappa shape index (κ1) is 22.1. The lowest BCUT2D eigenvalue weighted by molar-refractivity contribution is 0.0742. The SMILES string of the molecule is O=C(c1cccc(I)c1)N(CCCNc1cc(=O)oc2ccccc12)Cc1ccccc1. The highest BCUT2D eigenvalue weighted by atomic mass is 127. The average molecular weight is 538 g/mol. The zero-order valence-electron chi connectivity index (χ0n) is 17.5. The van der Waals surface area contributed by atoms with E-state index >= 15 is 0 Å². The highest BCUT2D eigenvalue weighted by Crippen LogP contribution is 2.21. The molecule has 0 atom stereocenters. The molecule has 5 nitrogen and oxygen atoms in total. The van der Waals surface area contributed by atoms with Crippen LogP contribution < -0.4 is 10.9 Å². The van der Waals surface area contributed by atoms with Gasteiger partial charge in [-0.1, -0.05) is 48.5 Å². The molecule has 4 aromatic rings. The number of nitrogens with zero attached hydrogens (tertiary/aromatic N) is 1. The second-order valence-corrected chi connectivity index (χ2v) is 8.72. The van der Waals surface area contributed by atoms with Gasteiger partial charge in [0.15, 0.2) is 0 Å². The number of hydrogen-bond acceptors (Lipinski definition) is 4. The fraction of sp³-hybridized carbons (Fsp3) is 0.154. The van der Waals surface area contributed by atoms with Crippen molar-refractivity contribution in [1.29, 1.82) is 0 Å². The first-order valence-corrected chi connectivity index (χ1v) is 11.5. The van der Waals surface area contributed by atoms with Crippen molar-refractivity contribution in [3.63, 3.8) is 0 Å². The van der Waals surface area contributed by atoms with Gasteiger partial charge in [0.25, 0.3) is 5.91 Å². The van der Waals surface area contributed by atoms with Crippen molar-refractivity contribution in [2.75, 3.05) is 18.4 Å². The number of carbonyl (C=O) groups excluding carboxylic acids is 1. The van der Waals surface area contributed by atoms with Gasteiger partial charge < -0.3 is 14.6 Å². The largest absolute Gasteiger partial charge is 0.423 e. The van der Waals surface area contributed by atoms with Crippen LogP contribution in [-0.2, 0) is 6.54 Å². The summed E-state index contributed by atoms with van der Waals surface area (Å²) in [5.74, 6) is 0.0122. The van der Waals surface area contributed by atoms with Gasteiger partial charge in [-0.15, -0.1) is 0 Å². The van der Waals surface area contributed by atoms with Gasteiger partial charge in [0.05, 0.1) is 5.69 Å². The van der Waals surface area contributed by atoms with Crippen LogP contribution in [0.15, 0.2) is 94.1 Å². The Labute approximate surface area is 200 Å². The minimum absolute atomic E-state index is 0.0122.